The number of para-hydroxylation sites is 1. The van der Waals surface area contributed by atoms with Crippen LogP contribution in [0.1, 0.15) is 23.5 Å². The summed E-state index contributed by atoms with van der Waals surface area (Å²) in [5.74, 6) is 0.0243. The first-order chi connectivity index (χ1) is 13.1. The smallest absolute Gasteiger partial charge is 0.229 e. The number of hydrogen-bond donors (Lipinski definition) is 0. The van der Waals surface area contributed by atoms with E-state index >= 15 is 0 Å². The molecule has 0 aliphatic carbocycles. The SMILES string of the molecule is Cc1ccccc1N1CSC2=C(C#N)[C@H](c3ccc(F)cc3)CC(=O)N2C1. The number of halogens is 1. The quantitative estimate of drug-likeness (QED) is 0.778. The third-order valence-electron chi connectivity index (χ3n) is 5.02. The number of allylic oxidation sites excluding steroid dienone is 1. The zero-order valence-corrected chi connectivity index (χ0v) is 15.7. The Kier molecular flexibility index (Phi) is 4.63. The Labute approximate surface area is 161 Å². The van der Waals surface area contributed by atoms with Gasteiger partial charge in [-0.1, -0.05) is 42.1 Å². The van der Waals surface area contributed by atoms with Crippen LogP contribution in [0.3, 0.4) is 0 Å². The lowest BCUT2D eigenvalue weighted by atomic mass is 9.86. The molecule has 2 aromatic rings. The van der Waals surface area contributed by atoms with E-state index in [4.69, 9.17) is 0 Å². The number of amides is 1. The molecule has 4 rings (SSSR count). The van der Waals surface area contributed by atoms with Crippen molar-refractivity contribution >= 4 is 23.4 Å². The Bertz CT molecular complexity index is 964. The Hall–Kier alpha value is -2.78. The summed E-state index contributed by atoms with van der Waals surface area (Å²) in [6.07, 6.45) is 0.222. The average molecular weight is 379 g/mol. The van der Waals surface area contributed by atoms with Crippen molar-refractivity contribution in [2.24, 2.45) is 0 Å². The number of carbonyl (C=O) groups excluding carboxylic acids is 1. The molecule has 0 saturated carbocycles. The monoisotopic (exact) mass is 379 g/mol. The predicted molar refractivity (Wildman–Crippen MR) is 104 cm³/mol. The molecule has 1 saturated heterocycles. The Morgan fingerprint density at radius 1 is 1.19 bits per heavy atom. The first kappa shape index (κ1) is 17.6. The number of aryl methyl sites for hydroxylation is 1. The zero-order chi connectivity index (χ0) is 19.0. The van der Waals surface area contributed by atoms with E-state index in [1.54, 1.807) is 17.0 Å². The van der Waals surface area contributed by atoms with Crippen molar-refractivity contribution in [3.63, 3.8) is 0 Å². The van der Waals surface area contributed by atoms with Gasteiger partial charge >= 0.3 is 0 Å². The minimum Gasteiger partial charge on any atom is -0.343 e. The molecular weight excluding hydrogens is 361 g/mol. The first-order valence-corrected chi connectivity index (χ1v) is 9.70. The summed E-state index contributed by atoms with van der Waals surface area (Å²) < 4.78 is 13.3. The van der Waals surface area contributed by atoms with Crippen LogP contribution in [0.25, 0.3) is 0 Å². The average Bonchev–Trinajstić information content (AvgIpc) is 2.69. The number of nitriles is 1. The molecule has 1 fully saturated rings. The van der Waals surface area contributed by atoms with E-state index in [9.17, 15) is 14.4 Å². The summed E-state index contributed by atoms with van der Waals surface area (Å²) in [6, 6.07) is 16.5. The summed E-state index contributed by atoms with van der Waals surface area (Å²) in [6.45, 7) is 2.49. The Morgan fingerprint density at radius 2 is 1.93 bits per heavy atom. The Balaban J connectivity index is 1.68. The van der Waals surface area contributed by atoms with E-state index in [0.717, 1.165) is 21.8 Å². The van der Waals surface area contributed by atoms with Crippen LogP contribution in [0.15, 0.2) is 59.1 Å². The summed E-state index contributed by atoms with van der Waals surface area (Å²) >= 11 is 1.51. The van der Waals surface area contributed by atoms with Gasteiger partial charge in [0.15, 0.2) is 0 Å². The number of fused-ring (bicyclic) bond motifs is 1. The minimum atomic E-state index is -0.324. The molecule has 0 N–H and O–H groups in total. The van der Waals surface area contributed by atoms with Crippen molar-refractivity contribution in [1.29, 1.82) is 5.26 Å². The molecule has 0 aromatic heterocycles. The van der Waals surface area contributed by atoms with Crippen LogP contribution < -0.4 is 4.90 Å². The second-order valence-corrected chi connectivity index (χ2v) is 7.64. The number of rotatable bonds is 2. The lowest BCUT2D eigenvalue weighted by Crippen LogP contribution is -2.47. The van der Waals surface area contributed by atoms with Crippen LogP contribution in [-0.2, 0) is 4.79 Å². The highest BCUT2D eigenvalue weighted by atomic mass is 32.2. The molecule has 27 heavy (non-hydrogen) atoms. The predicted octanol–water partition coefficient (Wildman–Crippen LogP) is 4.35. The van der Waals surface area contributed by atoms with Crippen LogP contribution in [-0.4, -0.2) is 23.4 Å². The standard InChI is InChI=1S/C21H18FN3OS/c1-14-4-2-3-5-19(14)24-12-25-20(26)10-17(15-6-8-16(22)9-7-15)18(11-23)21(25)27-13-24/h2-9,17H,10,12-13H2,1H3/t17-/m0/s1. The number of hydrogen-bond acceptors (Lipinski definition) is 4. The van der Waals surface area contributed by atoms with E-state index in [0.29, 0.717) is 18.1 Å². The molecule has 6 heteroatoms. The maximum atomic E-state index is 13.3. The molecule has 1 amide bonds. The molecule has 1 atom stereocenters. The minimum absolute atomic E-state index is 0.0101. The van der Waals surface area contributed by atoms with Crippen molar-refractivity contribution in [3.05, 3.63) is 76.1 Å². The van der Waals surface area contributed by atoms with Crippen LogP contribution in [0.4, 0.5) is 10.1 Å². The van der Waals surface area contributed by atoms with Crippen molar-refractivity contribution in [1.82, 2.24) is 4.90 Å². The van der Waals surface area contributed by atoms with Gasteiger partial charge in [-0.3, -0.25) is 9.69 Å². The number of benzene rings is 2. The van der Waals surface area contributed by atoms with E-state index in [1.165, 1.54) is 23.9 Å². The van der Waals surface area contributed by atoms with Gasteiger partial charge in [-0.05, 0) is 36.2 Å². The topological polar surface area (TPSA) is 47.3 Å². The highest BCUT2D eigenvalue weighted by molar-refractivity contribution is 8.03. The highest BCUT2D eigenvalue weighted by Crippen LogP contribution is 2.43. The zero-order valence-electron chi connectivity index (χ0n) is 14.9. The van der Waals surface area contributed by atoms with Crippen LogP contribution in [0, 0.1) is 24.1 Å². The fourth-order valence-corrected chi connectivity index (χ4v) is 4.77. The largest absolute Gasteiger partial charge is 0.343 e. The molecule has 2 aliphatic rings. The second-order valence-electron chi connectivity index (χ2n) is 6.70. The van der Waals surface area contributed by atoms with Gasteiger partial charge < -0.3 is 4.90 Å². The van der Waals surface area contributed by atoms with Crippen molar-refractivity contribution in [3.8, 4) is 6.07 Å². The number of anilines is 1. The molecule has 0 spiro atoms. The maximum absolute atomic E-state index is 13.3. The third-order valence-corrected chi connectivity index (χ3v) is 6.18. The molecule has 0 radical (unpaired) electrons. The second kappa shape index (κ2) is 7.09. The third kappa shape index (κ3) is 3.19. The van der Waals surface area contributed by atoms with Gasteiger partial charge in [0.05, 0.1) is 29.2 Å². The molecular formula is C21H18FN3OS. The van der Waals surface area contributed by atoms with E-state index in [2.05, 4.69) is 24.0 Å². The molecule has 2 aromatic carbocycles. The molecule has 2 aliphatic heterocycles. The summed E-state index contributed by atoms with van der Waals surface area (Å²) in [5, 5.41) is 10.5. The molecule has 0 unspecified atom stereocenters. The van der Waals surface area contributed by atoms with Gasteiger partial charge in [-0.2, -0.15) is 5.26 Å². The number of thioether (sulfide) groups is 1. The fraction of sp³-hybridized carbons (Fsp3) is 0.238. The van der Waals surface area contributed by atoms with Crippen LogP contribution >= 0.6 is 11.8 Å². The van der Waals surface area contributed by atoms with Gasteiger partial charge in [0.2, 0.25) is 5.91 Å². The summed E-state index contributed by atoms with van der Waals surface area (Å²) in [4.78, 5) is 16.7. The summed E-state index contributed by atoms with van der Waals surface area (Å²) in [7, 11) is 0. The molecule has 0 bridgehead atoms. The van der Waals surface area contributed by atoms with Crippen LogP contribution in [0.5, 0.6) is 0 Å². The van der Waals surface area contributed by atoms with Gasteiger partial charge in [0.1, 0.15) is 5.82 Å². The number of carbonyl (C=O) groups is 1. The van der Waals surface area contributed by atoms with E-state index in [-0.39, 0.29) is 24.1 Å². The Morgan fingerprint density at radius 3 is 2.63 bits per heavy atom. The van der Waals surface area contributed by atoms with Crippen molar-refractivity contribution in [2.45, 2.75) is 19.3 Å². The highest BCUT2D eigenvalue weighted by Gasteiger charge is 2.38. The first-order valence-electron chi connectivity index (χ1n) is 8.72. The molecule has 2 heterocycles. The van der Waals surface area contributed by atoms with Gasteiger partial charge in [-0.15, -0.1) is 0 Å². The lowest BCUT2D eigenvalue weighted by Gasteiger charge is -2.42. The normalized spacial score (nSPS) is 19.7. The fourth-order valence-electron chi connectivity index (χ4n) is 3.61. The van der Waals surface area contributed by atoms with Gasteiger partial charge in [-0.25, -0.2) is 4.39 Å². The van der Waals surface area contributed by atoms with E-state index < -0.39 is 0 Å². The summed E-state index contributed by atoms with van der Waals surface area (Å²) in [5.41, 5.74) is 3.64. The van der Waals surface area contributed by atoms with Gasteiger partial charge in [0, 0.05) is 18.0 Å². The molecule has 4 nitrogen and oxygen atoms in total. The van der Waals surface area contributed by atoms with Crippen LogP contribution in [0.2, 0.25) is 0 Å². The lowest BCUT2D eigenvalue weighted by molar-refractivity contribution is -0.129. The van der Waals surface area contributed by atoms with Crippen molar-refractivity contribution in [2.75, 3.05) is 17.4 Å². The van der Waals surface area contributed by atoms with Gasteiger partial charge in [0.25, 0.3) is 0 Å². The van der Waals surface area contributed by atoms with Crippen molar-refractivity contribution < 1.29 is 9.18 Å². The number of nitrogens with zero attached hydrogens (tertiary/aromatic N) is 3. The maximum Gasteiger partial charge on any atom is 0.229 e. The van der Waals surface area contributed by atoms with E-state index in [1.807, 2.05) is 18.2 Å². The molecule has 136 valence electrons.